The van der Waals surface area contributed by atoms with Gasteiger partial charge in [-0.3, -0.25) is 9.59 Å². The fourth-order valence-corrected chi connectivity index (χ4v) is 3.35. The summed E-state index contributed by atoms with van der Waals surface area (Å²) in [7, 11) is 0. The van der Waals surface area contributed by atoms with Crippen LogP contribution >= 0.6 is 11.3 Å². The number of carbonyl (C=O) groups excluding carboxylic acids is 1. The number of rotatable bonds is 6. The highest BCUT2D eigenvalue weighted by Gasteiger charge is 2.21. The number of thiophene rings is 1. The van der Waals surface area contributed by atoms with Crippen molar-refractivity contribution in [3.63, 3.8) is 0 Å². The summed E-state index contributed by atoms with van der Waals surface area (Å²) in [5.41, 5.74) is 1.70. The SMILES string of the molecule is CCCN(CC(=O)O)C(=O)c1cc(-c2ccc(F)cc2)c(C)s1. The highest BCUT2D eigenvalue weighted by Crippen LogP contribution is 2.31. The van der Waals surface area contributed by atoms with Gasteiger partial charge in [0.25, 0.3) is 5.91 Å². The third-order valence-electron chi connectivity index (χ3n) is 3.39. The van der Waals surface area contributed by atoms with Crippen LogP contribution in [0.4, 0.5) is 4.39 Å². The monoisotopic (exact) mass is 335 g/mol. The normalized spacial score (nSPS) is 10.6. The first-order valence-electron chi connectivity index (χ1n) is 7.29. The number of benzene rings is 1. The molecule has 0 aliphatic rings. The van der Waals surface area contributed by atoms with Crippen molar-refractivity contribution >= 4 is 23.2 Å². The lowest BCUT2D eigenvalue weighted by molar-refractivity contribution is -0.137. The Morgan fingerprint density at radius 2 is 1.91 bits per heavy atom. The van der Waals surface area contributed by atoms with E-state index in [-0.39, 0.29) is 18.3 Å². The number of carboxylic acid groups (broad SMARTS) is 1. The van der Waals surface area contributed by atoms with Gasteiger partial charge in [-0.05, 0) is 42.7 Å². The number of carboxylic acids is 1. The second-order valence-electron chi connectivity index (χ2n) is 5.21. The quantitative estimate of drug-likeness (QED) is 0.873. The average molecular weight is 335 g/mol. The van der Waals surface area contributed by atoms with Gasteiger partial charge in [0.05, 0.1) is 4.88 Å². The van der Waals surface area contributed by atoms with E-state index in [4.69, 9.17) is 5.11 Å². The minimum absolute atomic E-state index is 0.282. The predicted molar refractivity (Wildman–Crippen MR) is 88.3 cm³/mol. The summed E-state index contributed by atoms with van der Waals surface area (Å²) in [6, 6.07) is 7.84. The van der Waals surface area contributed by atoms with E-state index in [1.165, 1.54) is 28.4 Å². The maximum Gasteiger partial charge on any atom is 0.323 e. The van der Waals surface area contributed by atoms with E-state index in [1.54, 1.807) is 18.2 Å². The number of carbonyl (C=O) groups is 2. The summed E-state index contributed by atoms with van der Waals surface area (Å²) < 4.78 is 13.0. The van der Waals surface area contributed by atoms with E-state index in [2.05, 4.69) is 0 Å². The first-order valence-corrected chi connectivity index (χ1v) is 8.11. The van der Waals surface area contributed by atoms with Gasteiger partial charge in [0.2, 0.25) is 0 Å². The second kappa shape index (κ2) is 7.37. The summed E-state index contributed by atoms with van der Waals surface area (Å²) in [6.45, 7) is 3.87. The maximum absolute atomic E-state index is 13.0. The number of hydrogen-bond acceptors (Lipinski definition) is 3. The molecule has 0 aliphatic carbocycles. The fraction of sp³-hybridized carbons (Fsp3) is 0.294. The van der Waals surface area contributed by atoms with Crippen LogP contribution in [-0.2, 0) is 4.79 Å². The number of hydrogen-bond donors (Lipinski definition) is 1. The summed E-state index contributed by atoms with van der Waals surface area (Å²) in [4.78, 5) is 26.2. The molecule has 0 aliphatic heterocycles. The zero-order chi connectivity index (χ0) is 17.0. The average Bonchev–Trinajstić information content (AvgIpc) is 2.88. The van der Waals surface area contributed by atoms with Crippen molar-refractivity contribution in [1.82, 2.24) is 4.90 Å². The first kappa shape index (κ1) is 17.1. The van der Waals surface area contributed by atoms with Gasteiger partial charge >= 0.3 is 5.97 Å². The highest BCUT2D eigenvalue weighted by molar-refractivity contribution is 7.14. The number of amides is 1. The summed E-state index contributed by atoms with van der Waals surface area (Å²) >= 11 is 1.32. The van der Waals surface area contributed by atoms with Crippen LogP contribution in [0.2, 0.25) is 0 Å². The van der Waals surface area contributed by atoms with Crippen LogP contribution in [0.1, 0.15) is 27.9 Å². The standard InChI is InChI=1S/C17H18FNO3S/c1-3-8-19(10-16(20)21)17(22)15-9-14(11(2)23-15)12-4-6-13(18)7-5-12/h4-7,9H,3,8,10H2,1-2H3,(H,20,21). The fourth-order valence-electron chi connectivity index (χ4n) is 2.34. The molecule has 4 nitrogen and oxygen atoms in total. The number of aliphatic carboxylic acids is 1. The lowest BCUT2D eigenvalue weighted by atomic mass is 10.1. The third-order valence-corrected chi connectivity index (χ3v) is 4.43. The highest BCUT2D eigenvalue weighted by atomic mass is 32.1. The molecule has 122 valence electrons. The van der Waals surface area contributed by atoms with E-state index >= 15 is 0 Å². The topological polar surface area (TPSA) is 57.6 Å². The van der Waals surface area contributed by atoms with Crippen LogP contribution in [0.3, 0.4) is 0 Å². The summed E-state index contributed by atoms with van der Waals surface area (Å²) in [5.74, 6) is -1.62. The Labute approximate surface area is 138 Å². The van der Waals surface area contributed by atoms with Crippen molar-refractivity contribution < 1.29 is 19.1 Å². The molecule has 0 fully saturated rings. The van der Waals surface area contributed by atoms with E-state index in [9.17, 15) is 14.0 Å². The van der Waals surface area contributed by atoms with Crippen LogP contribution in [0.25, 0.3) is 11.1 Å². The van der Waals surface area contributed by atoms with Gasteiger partial charge in [0.15, 0.2) is 0 Å². The number of aryl methyl sites for hydroxylation is 1. The van der Waals surface area contributed by atoms with E-state index in [0.29, 0.717) is 17.8 Å². The minimum atomic E-state index is -1.03. The molecule has 2 aromatic rings. The maximum atomic E-state index is 13.0. The van der Waals surface area contributed by atoms with Crippen molar-refractivity contribution in [2.24, 2.45) is 0 Å². The predicted octanol–water partition coefficient (Wildman–Crippen LogP) is 3.80. The molecular formula is C17H18FNO3S. The smallest absolute Gasteiger partial charge is 0.323 e. The van der Waals surface area contributed by atoms with E-state index in [0.717, 1.165) is 16.0 Å². The van der Waals surface area contributed by atoms with Crippen molar-refractivity contribution in [2.45, 2.75) is 20.3 Å². The molecule has 1 heterocycles. The van der Waals surface area contributed by atoms with Crippen LogP contribution in [0.5, 0.6) is 0 Å². The molecule has 1 amide bonds. The van der Waals surface area contributed by atoms with Crippen molar-refractivity contribution in [1.29, 1.82) is 0 Å². The van der Waals surface area contributed by atoms with Crippen molar-refractivity contribution in [3.05, 3.63) is 45.9 Å². The Hall–Kier alpha value is -2.21. The first-order chi connectivity index (χ1) is 10.9. The Morgan fingerprint density at radius 1 is 1.26 bits per heavy atom. The van der Waals surface area contributed by atoms with Crippen molar-refractivity contribution in [3.8, 4) is 11.1 Å². The van der Waals surface area contributed by atoms with Gasteiger partial charge in [0, 0.05) is 11.4 Å². The molecule has 2 rings (SSSR count). The Kier molecular flexibility index (Phi) is 5.50. The molecular weight excluding hydrogens is 317 g/mol. The molecule has 23 heavy (non-hydrogen) atoms. The zero-order valence-electron chi connectivity index (χ0n) is 13.0. The summed E-state index contributed by atoms with van der Waals surface area (Å²) in [6.07, 6.45) is 0.689. The van der Waals surface area contributed by atoms with E-state index in [1.807, 2.05) is 13.8 Å². The number of halogens is 1. The van der Waals surface area contributed by atoms with Gasteiger partial charge in [-0.1, -0.05) is 19.1 Å². The third kappa shape index (κ3) is 4.16. The summed E-state index contributed by atoms with van der Waals surface area (Å²) in [5, 5.41) is 8.94. The van der Waals surface area contributed by atoms with Crippen LogP contribution < -0.4 is 0 Å². The molecule has 0 bridgehead atoms. The largest absolute Gasteiger partial charge is 0.480 e. The molecule has 0 atom stereocenters. The van der Waals surface area contributed by atoms with Gasteiger partial charge in [-0.15, -0.1) is 11.3 Å². The van der Waals surface area contributed by atoms with Gasteiger partial charge in [-0.25, -0.2) is 4.39 Å². The molecule has 0 saturated carbocycles. The molecule has 6 heteroatoms. The molecule has 1 aromatic carbocycles. The molecule has 1 N–H and O–H groups in total. The second-order valence-corrected chi connectivity index (χ2v) is 6.46. The van der Waals surface area contributed by atoms with Crippen LogP contribution in [0.15, 0.2) is 30.3 Å². The van der Waals surface area contributed by atoms with Crippen LogP contribution in [0, 0.1) is 12.7 Å². The molecule has 0 saturated heterocycles. The Morgan fingerprint density at radius 3 is 2.48 bits per heavy atom. The Bertz CT molecular complexity index is 709. The number of nitrogens with zero attached hydrogens (tertiary/aromatic N) is 1. The van der Waals surface area contributed by atoms with Gasteiger partial charge in [-0.2, -0.15) is 0 Å². The van der Waals surface area contributed by atoms with E-state index < -0.39 is 5.97 Å². The molecule has 0 spiro atoms. The Balaban J connectivity index is 2.29. The minimum Gasteiger partial charge on any atom is -0.480 e. The molecule has 1 aromatic heterocycles. The van der Waals surface area contributed by atoms with Gasteiger partial charge < -0.3 is 10.0 Å². The molecule has 0 radical (unpaired) electrons. The van der Waals surface area contributed by atoms with Crippen LogP contribution in [-0.4, -0.2) is 35.0 Å². The van der Waals surface area contributed by atoms with Crippen molar-refractivity contribution in [2.75, 3.05) is 13.1 Å². The lowest BCUT2D eigenvalue weighted by Crippen LogP contribution is -2.35. The molecule has 0 unspecified atom stereocenters. The lowest BCUT2D eigenvalue weighted by Gasteiger charge is -2.18. The zero-order valence-corrected chi connectivity index (χ0v) is 13.8. The van der Waals surface area contributed by atoms with Gasteiger partial charge in [0.1, 0.15) is 12.4 Å².